The maximum absolute atomic E-state index is 14.4. The van der Waals surface area contributed by atoms with Crippen LogP contribution in [-0.4, -0.2) is 44.7 Å². The Kier molecular flexibility index (Phi) is 3.97. The number of hydrogen-bond acceptors (Lipinski definition) is 6. The van der Waals surface area contributed by atoms with Crippen LogP contribution in [-0.2, 0) is 0 Å². The highest BCUT2D eigenvalue weighted by molar-refractivity contribution is 6.18. The molecular formula is C17H15F3N6O. The zero-order valence-electron chi connectivity index (χ0n) is 14.2. The molecule has 3 N–H and O–H groups in total. The molecule has 10 heteroatoms. The molecule has 0 spiro atoms. The van der Waals surface area contributed by atoms with Gasteiger partial charge in [0.15, 0.2) is 5.78 Å². The number of rotatable bonds is 5. The summed E-state index contributed by atoms with van der Waals surface area (Å²) in [5.74, 6) is -3.70. The van der Waals surface area contributed by atoms with E-state index >= 15 is 0 Å². The van der Waals surface area contributed by atoms with Crippen molar-refractivity contribution in [3.63, 3.8) is 0 Å². The zero-order chi connectivity index (χ0) is 19.2. The van der Waals surface area contributed by atoms with Gasteiger partial charge in [-0.1, -0.05) is 0 Å². The van der Waals surface area contributed by atoms with E-state index in [0.29, 0.717) is 16.9 Å². The van der Waals surface area contributed by atoms with Crippen molar-refractivity contribution in [2.45, 2.75) is 24.8 Å². The Morgan fingerprint density at radius 2 is 2.04 bits per heavy atom. The van der Waals surface area contributed by atoms with E-state index in [1.807, 2.05) is 0 Å². The quantitative estimate of drug-likeness (QED) is 0.468. The molecule has 0 bridgehead atoms. The average Bonchev–Trinajstić information content (AvgIpc) is 3.04. The van der Waals surface area contributed by atoms with E-state index in [4.69, 9.17) is 0 Å². The lowest BCUT2D eigenvalue weighted by Gasteiger charge is -2.35. The number of H-pyrrole nitrogens is 1. The lowest BCUT2D eigenvalue weighted by atomic mass is 9.88. The molecule has 1 fully saturated rings. The maximum atomic E-state index is 14.4. The average molecular weight is 376 g/mol. The van der Waals surface area contributed by atoms with Gasteiger partial charge in [0.1, 0.15) is 23.6 Å². The predicted molar refractivity (Wildman–Crippen MR) is 92.7 cm³/mol. The van der Waals surface area contributed by atoms with Crippen molar-refractivity contribution in [1.29, 1.82) is 0 Å². The number of nitrogens with zero attached hydrogens (tertiary/aromatic N) is 3. The SMILES string of the molecule is CNc1ncnc2[nH]cc(C(=O)c3ccc(NC4CC(F)(F)C4)nc3F)c12. The van der Waals surface area contributed by atoms with Crippen molar-refractivity contribution in [2.24, 2.45) is 0 Å². The fourth-order valence-electron chi connectivity index (χ4n) is 3.13. The van der Waals surface area contributed by atoms with Crippen LogP contribution in [0.2, 0.25) is 0 Å². The van der Waals surface area contributed by atoms with Crippen LogP contribution in [0.1, 0.15) is 28.8 Å². The number of aromatic nitrogens is 4. The van der Waals surface area contributed by atoms with E-state index in [1.54, 1.807) is 7.05 Å². The Labute approximate surface area is 151 Å². The van der Waals surface area contributed by atoms with Gasteiger partial charge in [-0.05, 0) is 12.1 Å². The van der Waals surface area contributed by atoms with Gasteiger partial charge < -0.3 is 15.6 Å². The molecule has 4 rings (SSSR count). The Morgan fingerprint density at radius 3 is 2.70 bits per heavy atom. The molecule has 0 amide bonds. The largest absolute Gasteiger partial charge is 0.372 e. The molecule has 0 unspecified atom stereocenters. The van der Waals surface area contributed by atoms with E-state index in [0.717, 1.165) is 0 Å². The number of nitrogens with one attached hydrogen (secondary N) is 3. The van der Waals surface area contributed by atoms with Crippen LogP contribution in [0.25, 0.3) is 11.0 Å². The van der Waals surface area contributed by atoms with Gasteiger partial charge in [-0.15, -0.1) is 0 Å². The van der Waals surface area contributed by atoms with Crippen LogP contribution < -0.4 is 10.6 Å². The minimum Gasteiger partial charge on any atom is -0.372 e. The van der Waals surface area contributed by atoms with Crippen molar-refractivity contribution in [2.75, 3.05) is 17.7 Å². The molecular weight excluding hydrogens is 361 g/mol. The van der Waals surface area contributed by atoms with Gasteiger partial charge in [0.2, 0.25) is 5.95 Å². The van der Waals surface area contributed by atoms with Crippen molar-refractivity contribution < 1.29 is 18.0 Å². The Hall–Kier alpha value is -3.17. The summed E-state index contributed by atoms with van der Waals surface area (Å²) in [5, 5.41) is 6.06. The van der Waals surface area contributed by atoms with Gasteiger partial charge in [0.05, 0.1) is 16.5 Å². The normalized spacial score (nSPS) is 16.1. The molecule has 3 heterocycles. The lowest BCUT2D eigenvalue weighted by Crippen LogP contribution is -2.44. The third-order valence-corrected chi connectivity index (χ3v) is 4.49. The van der Waals surface area contributed by atoms with Gasteiger partial charge in [-0.3, -0.25) is 4.79 Å². The molecule has 0 saturated heterocycles. The van der Waals surface area contributed by atoms with Crippen LogP contribution in [0.5, 0.6) is 0 Å². The second kappa shape index (κ2) is 6.22. The number of alkyl halides is 2. The van der Waals surface area contributed by atoms with Gasteiger partial charge in [0, 0.05) is 32.1 Å². The number of halogens is 3. The van der Waals surface area contributed by atoms with Crippen LogP contribution >= 0.6 is 0 Å². The number of anilines is 2. The van der Waals surface area contributed by atoms with Gasteiger partial charge in [0.25, 0.3) is 5.92 Å². The summed E-state index contributed by atoms with van der Waals surface area (Å²) in [7, 11) is 1.65. The maximum Gasteiger partial charge on any atom is 0.252 e. The highest BCUT2D eigenvalue weighted by Gasteiger charge is 2.45. The molecule has 3 aromatic heterocycles. The van der Waals surface area contributed by atoms with E-state index in [2.05, 4.69) is 30.6 Å². The van der Waals surface area contributed by atoms with Gasteiger partial charge in [-0.2, -0.15) is 4.39 Å². The first-order valence-corrected chi connectivity index (χ1v) is 8.23. The Bertz CT molecular complexity index is 1030. The van der Waals surface area contributed by atoms with Crippen LogP contribution in [0.3, 0.4) is 0 Å². The van der Waals surface area contributed by atoms with Crippen molar-refractivity contribution >= 4 is 28.5 Å². The third kappa shape index (κ3) is 3.07. The number of ketones is 1. The molecule has 1 saturated carbocycles. The molecule has 7 nitrogen and oxygen atoms in total. The van der Waals surface area contributed by atoms with Crippen molar-refractivity contribution in [3.8, 4) is 0 Å². The predicted octanol–water partition coefficient (Wildman–Crippen LogP) is 2.97. The van der Waals surface area contributed by atoms with Gasteiger partial charge in [-0.25, -0.2) is 23.7 Å². The number of fused-ring (bicyclic) bond motifs is 1. The topological polar surface area (TPSA) is 95.6 Å². The molecule has 140 valence electrons. The van der Waals surface area contributed by atoms with Crippen LogP contribution in [0.4, 0.5) is 24.8 Å². The zero-order valence-corrected chi connectivity index (χ0v) is 14.2. The second-order valence-corrected chi connectivity index (χ2v) is 6.37. The first-order valence-electron chi connectivity index (χ1n) is 8.23. The first-order chi connectivity index (χ1) is 12.9. The van der Waals surface area contributed by atoms with Crippen molar-refractivity contribution in [3.05, 3.63) is 41.7 Å². The third-order valence-electron chi connectivity index (χ3n) is 4.49. The fourth-order valence-corrected chi connectivity index (χ4v) is 3.13. The number of hydrogen-bond donors (Lipinski definition) is 3. The second-order valence-electron chi connectivity index (χ2n) is 6.37. The minimum absolute atomic E-state index is 0.114. The molecule has 3 aromatic rings. The molecule has 27 heavy (non-hydrogen) atoms. The lowest BCUT2D eigenvalue weighted by molar-refractivity contribution is -0.0794. The molecule has 0 atom stereocenters. The summed E-state index contributed by atoms with van der Waals surface area (Å²) in [5.41, 5.74) is 0.413. The molecule has 0 aliphatic heterocycles. The number of carbonyl (C=O) groups excluding carboxylic acids is 1. The van der Waals surface area contributed by atoms with Crippen LogP contribution in [0.15, 0.2) is 24.7 Å². The summed E-state index contributed by atoms with van der Waals surface area (Å²) in [6.07, 6.45) is 2.13. The van der Waals surface area contributed by atoms with E-state index < -0.39 is 23.7 Å². The molecule has 0 radical (unpaired) electrons. The molecule has 1 aliphatic carbocycles. The number of aromatic amines is 1. The number of carbonyl (C=O) groups is 1. The minimum atomic E-state index is -2.69. The monoisotopic (exact) mass is 376 g/mol. The summed E-state index contributed by atoms with van der Waals surface area (Å²) in [6, 6.07) is 2.22. The summed E-state index contributed by atoms with van der Waals surface area (Å²) in [6.45, 7) is 0. The Balaban J connectivity index is 1.61. The van der Waals surface area contributed by atoms with E-state index in [-0.39, 0.29) is 29.8 Å². The Morgan fingerprint density at radius 1 is 1.26 bits per heavy atom. The summed E-state index contributed by atoms with van der Waals surface area (Å²) in [4.78, 5) is 27.4. The first kappa shape index (κ1) is 17.3. The number of pyridine rings is 1. The van der Waals surface area contributed by atoms with Crippen LogP contribution in [0, 0.1) is 5.95 Å². The molecule has 0 aromatic carbocycles. The smallest absolute Gasteiger partial charge is 0.252 e. The van der Waals surface area contributed by atoms with E-state index in [1.165, 1.54) is 24.7 Å². The van der Waals surface area contributed by atoms with Crippen molar-refractivity contribution in [1.82, 2.24) is 19.9 Å². The summed E-state index contributed by atoms with van der Waals surface area (Å²) < 4.78 is 40.2. The highest BCUT2D eigenvalue weighted by Crippen LogP contribution is 2.38. The summed E-state index contributed by atoms with van der Waals surface area (Å²) >= 11 is 0. The highest BCUT2D eigenvalue weighted by atomic mass is 19.3. The van der Waals surface area contributed by atoms with Gasteiger partial charge >= 0.3 is 0 Å². The molecule has 1 aliphatic rings. The van der Waals surface area contributed by atoms with E-state index in [9.17, 15) is 18.0 Å². The fraction of sp³-hybridized carbons (Fsp3) is 0.294. The standard InChI is InChI=1S/C17H15F3N6O/c1-21-15-12-10(6-22-16(12)24-7-23-15)13(27)9-2-3-11(26-14(9)18)25-8-4-17(19,20)5-8/h2-3,6-8H,4-5H2,1H3,(H,25,26)(H2,21,22,23,24).